The summed E-state index contributed by atoms with van der Waals surface area (Å²) < 4.78 is 0.670. The van der Waals surface area contributed by atoms with E-state index in [-0.39, 0.29) is 5.91 Å². The summed E-state index contributed by atoms with van der Waals surface area (Å²) in [7, 11) is 0. The van der Waals surface area contributed by atoms with Crippen molar-refractivity contribution in [2.24, 2.45) is 17.3 Å². The Morgan fingerprint density at radius 2 is 2.11 bits per heavy atom. The zero-order valence-electron chi connectivity index (χ0n) is 9.98. The van der Waals surface area contributed by atoms with Gasteiger partial charge in [-0.15, -0.1) is 0 Å². The minimum atomic E-state index is -0.922. The van der Waals surface area contributed by atoms with Crippen molar-refractivity contribution < 1.29 is 14.7 Å². The van der Waals surface area contributed by atoms with Gasteiger partial charge in [0.05, 0.1) is 22.0 Å². The second-order valence-electron chi connectivity index (χ2n) is 4.96. The first-order chi connectivity index (χ1) is 8.35. The fraction of sp³-hybridized carbons (Fsp3) is 0.417. The van der Waals surface area contributed by atoms with E-state index in [1.165, 1.54) is 0 Å². The predicted molar refractivity (Wildman–Crippen MR) is 69.0 cm³/mol. The molecular formula is C12H13BrN2O3. The molecule has 1 saturated carbocycles. The zero-order valence-corrected chi connectivity index (χ0v) is 11.6. The molecule has 0 bridgehead atoms. The molecule has 1 aromatic rings. The quantitative estimate of drug-likeness (QED) is 0.896. The molecule has 1 aromatic heterocycles. The highest BCUT2D eigenvalue weighted by molar-refractivity contribution is 9.10. The summed E-state index contributed by atoms with van der Waals surface area (Å²) >= 11 is 3.27. The van der Waals surface area contributed by atoms with Crippen LogP contribution in [0.5, 0.6) is 0 Å². The number of anilines is 1. The third-order valence-corrected chi connectivity index (χ3v) is 4.04. The molecule has 1 aliphatic carbocycles. The van der Waals surface area contributed by atoms with E-state index >= 15 is 0 Å². The number of hydrogen-bond acceptors (Lipinski definition) is 3. The first-order valence-corrected chi connectivity index (χ1v) is 6.28. The second-order valence-corrected chi connectivity index (χ2v) is 5.81. The van der Waals surface area contributed by atoms with Crippen molar-refractivity contribution in [1.82, 2.24) is 4.98 Å². The van der Waals surface area contributed by atoms with Crippen LogP contribution < -0.4 is 5.32 Å². The van der Waals surface area contributed by atoms with Gasteiger partial charge in [0.15, 0.2) is 0 Å². The minimum absolute atomic E-state index is 0.265. The number of aliphatic carboxylic acids is 1. The molecular weight excluding hydrogens is 300 g/mol. The number of halogens is 1. The van der Waals surface area contributed by atoms with Crippen LogP contribution >= 0.6 is 15.9 Å². The van der Waals surface area contributed by atoms with Crippen LogP contribution in [-0.2, 0) is 9.59 Å². The Balaban J connectivity index is 2.11. The van der Waals surface area contributed by atoms with Crippen LogP contribution in [0.3, 0.4) is 0 Å². The maximum Gasteiger partial charge on any atom is 0.307 e. The normalized spacial score (nSPS) is 24.4. The van der Waals surface area contributed by atoms with Gasteiger partial charge >= 0.3 is 5.97 Å². The molecule has 0 radical (unpaired) electrons. The summed E-state index contributed by atoms with van der Waals surface area (Å²) in [6.45, 7) is 3.58. The third-order valence-electron chi connectivity index (χ3n) is 3.41. The van der Waals surface area contributed by atoms with Gasteiger partial charge in [-0.25, -0.2) is 0 Å². The summed E-state index contributed by atoms with van der Waals surface area (Å²) in [6, 6.07) is 1.66. The molecule has 0 aliphatic heterocycles. The molecule has 1 fully saturated rings. The van der Waals surface area contributed by atoms with E-state index in [4.69, 9.17) is 5.11 Å². The van der Waals surface area contributed by atoms with Crippen LogP contribution in [0.25, 0.3) is 0 Å². The Kier molecular flexibility index (Phi) is 3.14. The molecule has 0 aromatic carbocycles. The van der Waals surface area contributed by atoms with Gasteiger partial charge in [-0.2, -0.15) is 0 Å². The molecule has 0 spiro atoms. The van der Waals surface area contributed by atoms with Gasteiger partial charge < -0.3 is 10.4 Å². The number of nitrogens with zero attached hydrogens (tertiary/aromatic N) is 1. The lowest BCUT2D eigenvalue weighted by atomic mass is 10.1. The molecule has 0 saturated heterocycles. The zero-order chi connectivity index (χ0) is 13.5. The number of aromatic nitrogens is 1. The van der Waals surface area contributed by atoms with Gasteiger partial charge in [0, 0.05) is 12.4 Å². The summed E-state index contributed by atoms with van der Waals surface area (Å²) in [4.78, 5) is 26.9. The summed E-state index contributed by atoms with van der Waals surface area (Å²) in [5.41, 5.74) is 0.108. The van der Waals surface area contributed by atoms with Crippen molar-refractivity contribution in [2.75, 3.05) is 5.32 Å². The van der Waals surface area contributed by atoms with E-state index in [1.807, 2.05) is 0 Å². The fourth-order valence-corrected chi connectivity index (χ4v) is 2.62. The average molecular weight is 313 g/mol. The minimum Gasteiger partial charge on any atom is -0.481 e. The predicted octanol–water partition coefficient (Wildman–Crippen LogP) is 2.14. The van der Waals surface area contributed by atoms with E-state index in [0.717, 1.165) is 0 Å². The maximum atomic E-state index is 12.0. The molecule has 18 heavy (non-hydrogen) atoms. The molecule has 2 rings (SSSR count). The van der Waals surface area contributed by atoms with E-state index in [0.29, 0.717) is 10.2 Å². The van der Waals surface area contributed by atoms with Crippen LogP contribution in [0.4, 0.5) is 5.69 Å². The number of carboxylic acid groups (broad SMARTS) is 1. The Bertz CT molecular complexity index is 516. The van der Waals surface area contributed by atoms with Crippen LogP contribution in [0, 0.1) is 17.3 Å². The largest absolute Gasteiger partial charge is 0.481 e. The van der Waals surface area contributed by atoms with Gasteiger partial charge in [-0.05, 0) is 27.4 Å². The Morgan fingerprint density at radius 1 is 1.44 bits per heavy atom. The molecule has 1 amide bonds. The fourth-order valence-electron chi connectivity index (χ4n) is 2.28. The molecule has 6 heteroatoms. The van der Waals surface area contributed by atoms with Crippen molar-refractivity contribution in [3.8, 4) is 0 Å². The number of hydrogen-bond donors (Lipinski definition) is 2. The first kappa shape index (κ1) is 13.0. The topological polar surface area (TPSA) is 79.3 Å². The highest BCUT2D eigenvalue weighted by Crippen LogP contribution is 2.58. The van der Waals surface area contributed by atoms with Crippen LogP contribution in [0.1, 0.15) is 13.8 Å². The summed E-state index contributed by atoms with van der Waals surface area (Å²) in [6.07, 6.45) is 3.13. The number of carbonyl (C=O) groups is 2. The lowest BCUT2D eigenvalue weighted by molar-refractivity contribution is -0.140. The van der Waals surface area contributed by atoms with Gasteiger partial charge in [0.1, 0.15) is 0 Å². The molecule has 2 N–H and O–H groups in total. The van der Waals surface area contributed by atoms with Crippen LogP contribution in [0.15, 0.2) is 22.9 Å². The smallest absolute Gasteiger partial charge is 0.307 e. The van der Waals surface area contributed by atoms with Gasteiger partial charge in [0.25, 0.3) is 0 Å². The van der Waals surface area contributed by atoms with Crippen molar-refractivity contribution in [3.63, 3.8) is 0 Å². The molecule has 96 valence electrons. The lowest BCUT2D eigenvalue weighted by Crippen LogP contribution is -2.18. The number of amides is 1. The van der Waals surface area contributed by atoms with E-state index < -0.39 is 23.2 Å². The highest BCUT2D eigenvalue weighted by atomic mass is 79.9. The number of carbonyl (C=O) groups excluding carboxylic acids is 1. The molecule has 1 heterocycles. The molecule has 1 aliphatic rings. The Hall–Kier alpha value is -1.43. The Labute approximate surface area is 113 Å². The highest BCUT2D eigenvalue weighted by Gasteiger charge is 2.65. The average Bonchev–Trinajstić information content (AvgIpc) is 2.85. The number of nitrogens with one attached hydrogen (secondary N) is 1. The van der Waals surface area contributed by atoms with Crippen molar-refractivity contribution in [2.45, 2.75) is 13.8 Å². The monoisotopic (exact) mass is 312 g/mol. The van der Waals surface area contributed by atoms with Crippen LogP contribution in [0.2, 0.25) is 0 Å². The summed E-state index contributed by atoms with van der Waals surface area (Å²) in [5, 5.41) is 11.8. The molecule has 2 atom stereocenters. The number of pyridine rings is 1. The van der Waals surface area contributed by atoms with Crippen molar-refractivity contribution in [1.29, 1.82) is 0 Å². The van der Waals surface area contributed by atoms with E-state index in [2.05, 4.69) is 26.2 Å². The standard InChI is InChI=1S/C12H13BrN2O3/c1-12(2)8(9(12)11(17)18)10(16)15-7-3-4-14-5-6(7)13/h3-5,8-9H,1-2H3,(H,17,18)(H,14,15,16). The Morgan fingerprint density at radius 3 is 2.61 bits per heavy atom. The van der Waals surface area contributed by atoms with Gasteiger partial charge in [-0.1, -0.05) is 13.8 Å². The molecule has 2 unspecified atom stereocenters. The SMILES string of the molecule is CC1(C)C(C(=O)O)C1C(=O)Nc1ccncc1Br. The number of carboxylic acids is 1. The second kappa shape index (κ2) is 4.35. The van der Waals surface area contributed by atoms with Crippen molar-refractivity contribution >= 4 is 33.5 Å². The number of rotatable bonds is 3. The van der Waals surface area contributed by atoms with Gasteiger partial charge in [0.2, 0.25) is 5.91 Å². The van der Waals surface area contributed by atoms with E-state index in [9.17, 15) is 9.59 Å². The summed E-state index contributed by atoms with van der Waals surface area (Å²) in [5.74, 6) is -2.29. The van der Waals surface area contributed by atoms with E-state index in [1.54, 1.807) is 32.3 Å². The first-order valence-electron chi connectivity index (χ1n) is 5.49. The molecule has 5 nitrogen and oxygen atoms in total. The lowest BCUT2D eigenvalue weighted by Gasteiger charge is -2.07. The maximum absolute atomic E-state index is 12.0. The van der Waals surface area contributed by atoms with Crippen LogP contribution in [-0.4, -0.2) is 22.0 Å². The third kappa shape index (κ3) is 2.12. The van der Waals surface area contributed by atoms with Crippen molar-refractivity contribution in [3.05, 3.63) is 22.9 Å². The van der Waals surface area contributed by atoms with Gasteiger partial charge in [-0.3, -0.25) is 14.6 Å².